The molecular weight excluding hydrogens is 564 g/mol. The average Bonchev–Trinajstić information content (AvgIpc) is 3.43. The number of rotatable bonds is 12. The van der Waals surface area contributed by atoms with Gasteiger partial charge in [-0.05, 0) is 57.4 Å². The molecule has 1 aliphatic rings. The molecule has 0 saturated carbocycles. The van der Waals surface area contributed by atoms with Gasteiger partial charge in [0.05, 0.1) is 6.10 Å². The van der Waals surface area contributed by atoms with Gasteiger partial charge in [-0.3, -0.25) is 19.2 Å². The van der Waals surface area contributed by atoms with Crippen LogP contribution in [-0.4, -0.2) is 70.1 Å². The highest BCUT2D eigenvalue weighted by molar-refractivity contribution is 5.98. The van der Waals surface area contributed by atoms with E-state index in [9.17, 15) is 29.5 Å². The number of carbonyl (C=O) groups excluding carboxylic acids is 4. The molecule has 236 valence electrons. The Kier molecular flexibility index (Phi) is 12.2. The van der Waals surface area contributed by atoms with E-state index >= 15 is 0 Å². The van der Waals surface area contributed by atoms with E-state index in [-0.39, 0.29) is 42.0 Å². The number of aliphatic hydroxyl groups excluding tert-OH is 1. The van der Waals surface area contributed by atoms with E-state index < -0.39 is 35.9 Å². The lowest BCUT2D eigenvalue weighted by atomic mass is 9.89. The lowest BCUT2D eigenvalue weighted by molar-refractivity contribution is -0.132. The Morgan fingerprint density at radius 1 is 1.09 bits per heavy atom. The third kappa shape index (κ3) is 9.77. The van der Waals surface area contributed by atoms with E-state index in [0.29, 0.717) is 31.7 Å². The Labute approximate surface area is 257 Å². The van der Waals surface area contributed by atoms with E-state index in [2.05, 4.69) is 21.1 Å². The summed E-state index contributed by atoms with van der Waals surface area (Å²) in [6.45, 7) is 9.82. The minimum Gasteiger partial charge on any atom is -0.391 e. The first-order valence-electron chi connectivity index (χ1n) is 14.8. The molecule has 1 aromatic heterocycles. The molecule has 3 rings (SSSR count). The van der Waals surface area contributed by atoms with Crippen LogP contribution in [-0.2, 0) is 20.9 Å². The van der Waals surface area contributed by atoms with E-state index in [0.717, 1.165) is 11.1 Å². The number of nitrogens with one attached hydrogen (secondary N) is 3. The van der Waals surface area contributed by atoms with Gasteiger partial charge in [-0.2, -0.15) is 5.26 Å². The predicted octanol–water partition coefficient (Wildman–Crippen LogP) is 2.31. The standard InChI is InChI=1S/C32H42N6O6/c1-19(2)14-25(17-33)32(43)38-12-10-23(11-13-38)16-26(29(40)34-18-24-8-6-20(3)7-9-24)35-31(42)28(22(5)39)36-30(41)27-15-21(4)44-37-27/h6-9,14-15,19,22-23,26,28,39H,10-13,16,18H2,1-5H3,(H,34,40)(H,35,42)(H,36,41)/t22-,26?,28+/m1/s1. The van der Waals surface area contributed by atoms with Crippen molar-refractivity contribution >= 4 is 23.6 Å². The number of allylic oxidation sites excluding steroid dienone is 1. The third-order valence-electron chi connectivity index (χ3n) is 7.45. The number of piperidine rings is 1. The van der Waals surface area contributed by atoms with Gasteiger partial charge in [-0.25, -0.2) is 0 Å². The van der Waals surface area contributed by atoms with Crippen LogP contribution in [0, 0.1) is 37.0 Å². The molecular formula is C32H42N6O6. The topological polar surface area (TPSA) is 178 Å². The van der Waals surface area contributed by atoms with Gasteiger partial charge in [-0.1, -0.05) is 54.9 Å². The molecule has 12 nitrogen and oxygen atoms in total. The van der Waals surface area contributed by atoms with Crippen LogP contribution in [0.2, 0.25) is 0 Å². The first-order valence-corrected chi connectivity index (χ1v) is 14.8. The van der Waals surface area contributed by atoms with Crippen LogP contribution in [0.5, 0.6) is 0 Å². The zero-order valence-corrected chi connectivity index (χ0v) is 25.9. The second-order valence-electron chi connectivity index (χ2n) is 11.7. The summed E-state index contributed by atoms with van der Waals surface area (Å²) in [5, 5.41) is 31.5. The maximum atomic E-state index is 13.4. The summed E-state index contributed by atoms with van der Waals surface area (Å²) in [6, 6.07) is 8.77. The Bertz CT molecular complexity index is 1380. The number of amides is 4. The summed E-state index contributed by atoms with van der Waals surface area (Å²) in [4.78, 5) is 54.0. The molecule has 4 N–H and O–H groups in total. The summed E-state index contributed by atoms with van der Waals surface area (Å²) < 4.78 is 4.93. The smallest absolute Gasteiger partial charge is 0.274 e. The van der Waals surface area contributed by atoms with Gasteiger partial charge in [-0.15, -0.1) is 0 Å². The summed E-state index contributed by atoms with van der Waals surface area (Å²) in [7, 11) is 0. The molecule has 0 bridgehead atoms. The van der Waals surface area contributed by atoms with E-state index in [1.54, 1.807) is 17.9 Å². The van der Waals surface area contributed by atoms with Crippen molar-refractivity contribution in [1.82, 2.24) is 26.0 Å². The number of nitrogens with zero attached hydrogens (tertiary/aromatic N) is 3. The van der Waals surface area contributed by atoms with Crippen molar-refractivity contribution in [1.29, 1.82) is 5.26 Å². The first-order chi connectivity index (χ1) is 20.9. The fourth-order valence-electron chi connectivity index (χ4n) is 4.97. The van der Waals surface area contributed by atoms with Crippen LogP contribution >= 0.6 is 0 Å². The van der Waals surface area contributed by atoms with Crippen LogP contribution in [0.1, 0.15) is 67.4 Å². The van der Waals surface area contributed by atoms with Crippen molar-refractivity contribution in [2.24, 2.45) is 11.8 Å². The molecule has 12 heteroatoms. The van der Waals surface area contributed by atoms with Crippen molar-refractivity contribution < 1.29 is 28.8 Å². The second kappa shape index (κ2) is 15.8. The third-order valence-corrected chi connectivity index (χ3v) is 7.45. The number of hydrogen-bond donors (Lipinski definition) is 4. The van der Waals surface area contributed by atoms with Crippen LogP contribution in [0.25, 0.3) is 0 Å². The zero-order chi connectivity index (χ0) is 32.4. The molecule has 1 saturated heterocycles. The Balaban J connectivity index is 1.71. The molecule has 2 aromatic rings. The van der Waals surface area contributed by atoms with Crippen LogP contribution in [0.3, 0.4) is 0 Å². The summed E-state index contributed by atoms with van der Waals surface area (Å²) in [5.41, 5.74) is 2.05. The molecule has 44 heavy (non-hydrogen) atoms. The number of aromatic nitrogens is 1. The zero-order valence-electron chi connectivity index (χ0n) is 25.9. The van der Waals surface area contributed by atoms with Crippen molar-refractivity contribution in [3.8, 4) is 6.07 Å². The van der Waals surface area contributed by atoms with Gasteiger partial charge in [0.15, 0.2) is 5.69 Å². The van der Waals surface area contributed by atoms with Gasteiger partial charge in [0.1, 0.15) is 29.5 Å². The molecule has 0 radical (unpaired) electrons. The van der Waals surface area contributed by atoms with Crippen molar-refractivity contribution in [2.75, 3.05) is 13.1 Å². The molecule has 1 fully saturated rings. The minimum atomic E-state index is -1.36. The lowest BCUT2D eigenvalue weighted by Crippen LogP contribution is -2.57. The Morgan fingerprint density at radius 2 is 1.75 bits per heavy atom. The van der Waals surface area contributed by atoms with Gasteiger partial charge in [0.2, 0.25) is 11.8 Å². The lowest BCUT2D eigenvalue weighted by Gasteiger charge is -2.34. The van der Waals surface area contributed by atoms with E-state index in [4.69, 9.17) is 4.52 Å². The van der Waals surface area contributed by atoms with Crippen molar-refractivity contribution in [3.05, 3.63) is 64.6 Å². The van der Waals surface area contributed by atoms with Gasteiger partial charge in [0, 0.05) is 25.7 Å². The molecule has 0 spiro atoms. The number of nitriles is 1. The molecule has 0 aliphatic carbocycles. The van der Waals surface area contributed by atoms with Gasteiger partial charge in [0.25, 0.3) is 11.8 Å². The SMILES string of the molecule is Cc1ccc(CNC(=O)C(CC2CCN(C(=O)C(C#N)=CC(C)C)CC2)NC(=O)[C@@H](NC(=O)c2cc(C)on2)[C@@H](C)O)cc1. The highest BCUT2D eigenvalue weighted by Crippen LogP contribution is 2.24. The molecule has 1 aromatic carbocycles. The van der Waals surface area contributed by atoms with Crippen LogP contribution < -0.4 is 16.0 Å². The highest BCUT2D eigenvalue weighted by atomic mass is 16.5. The molecule has 1 aliphatic heterocycles. The monoisotopic (exact) mass is 606 g/mol. The van der Waals surface area contributed by atoms with Crippen molar-refractivity contribution in [3.63, 3.8) is 0 Å². The number of carbonyl (C=O) groups is 4. The number of likely N-dealkylation sites (tertiary alicyclic amines) is 1. The number of aliphatic hydroxyl groups is 1. The quantitative estimate of drug-likeness (QED) is 0.210. The largest absolute Gasteiger partial charge is 0.391 e. The summed E-state index contributed by atoms with van der Waals surface area (Å²) >= 11 is 0. The van der Waals surface area contributed by atoms with Gasteiger partial charge < -0.3 is 30.5 Å². The normalized spacial score (nSPS) is 16.0. The fourth-order valence-corrected chi connectivity index (χ4v) is 4.97. The summed E-state index contributed by atoms with van der Waals surface area (Å²) in [5.74, 6) is -1.69. The number of hydrogen-bond acceptors (Lipinski definition) is 8. The maximum absolute atomic E-state index is 13.4. The molecule has 2 heterocycles. The van der Waals surface area contributed by atoms with Crippen LogP contribution in [0.4, 0.5) is 0 Å². The maximum Gasteiger partial charge on any atom is 0.274 e. The van der Waals surface area contributed by atoms with Crippen LogP contribution in [0.15, 0.2) is 46.5 Å². The van der Waals surface area contributed by atoms with Crippen molar-refractivity contribution in [2.45, 2.75) is 78.6 Å². The molecule has 3 atom stereocenters. The number of aryl methyl sites for hydroxylation is 2. The molecule has 4 amide bonds. The minimum absolute atomic E-state index is 0.00761. The van der Waals surface area contributed by atoms with E-state index in [1.807, 2.05) is 51.1 Å². The Hall–Kier alpha value is -4.50. The highest BCUT2D eigenvalue weighted by Gasteiger charge is 2.33. The van der Waals surface area contributed by atoms with Gasteiger partial charge >= 0.3 is 0 Å². The molecule has 1 unspecified atom stereocenters. The first kappa shape index (κ1) is 34.0. The second-order valence-corrected chi connectivity index (χ2v) is 11.7. The fraction of sp³-hybridized carbons (Fsp3) is 0.500. The Morgan fingerprint density at radius 3 is 2.30 bits per heavy atom. The summed E-state index contributed by atoms with van der Waals surface area (Å²) in [6.07, 6.45) is 1.81. The average molecular weight is 607 g/mol. The predicted molar refractivity (Wildman–Crippen MR) is 162 cm³/mol. The van der Waals surface area contributed by atoms with E-state index in [1.165, 1.54) is 13.0 Å². The number of benzene rings is 1.